The minimum Gasteiger partial charge on any atom is -0.454 e. The quantitative estimate of drug-likeness (QED) is 0.428. The number of nitrogens with one attached hydrogen (secondary N) is 2. The third-order valence-corrected chi connectivity index (χ3v) is 4.67. The number of para-hydroxylation sites is 1. The maximum atomic E-state index is 12.2. The molecule has 144 valence electrons. The molecule has 0 saturated heterocycles. The summed E-state index contributed by atoms with van der Waals surface area (Å²) in [5.74, 6) is 0.688. The van der Waals surface area contributed by atoms with Crippen LogP contribution in [0.2, 0.25) is 0 Å². The van der Waals surface area contributed by atoms with E-state index < -0.39 is 10.0 Å². The van der Waals surface area contributed by atoms with Crippen molar-refractivity contribution in [1.82, 2.24) is 5.32 Å². The standard InChI is InChI=1S/C19H24N4O3S/c1-3-4-10-23-17-11-15(13-22-14-21-2)12-18(27(20,24)25)19(17)26-16-8-6-5-7-9-16/h5-9,11-12,22-23H,3-4,10,13-14H2,1H3,(H2,20,24,25). The van der Waals surface area contributed by atoms with Crippen molar-refractivity contribution in [3.63, 3.8) is 0 Å². The molecule has 0 aromatic heterocycles. The molecular formula is C19H24N4O3S. The second kappa shape index (κ2) is 9.92. The van der Waals surface area contributed by atoms with Crippen LogP contribution in [0.1, 0.15) is 25.3 Å². The fraction of sp³-hybridized carbons (Fsp3) is 0.316. The smallest absolute Gasteiger partial charge is 0.268 e. The molecule has 0 bridgehead atoms. The van der Waals surface area contributed by atoms with E-state index in [1.807, 2.05) is 12.1 Å². The van der Waals surface area contributed by atoms with Gasteiger partial charge in [-0.1, -0.05) is 31.5 Å². The van der Waals surface area contributed by atoms with Gasteiger partial charge in [-0.05, 0) is 36.2 Å². The van der Waals surface area contributed by atoms with Crippen LogP contribution in [0.15, 0.2) is 47.4 Å². The summed E-state index contributed by atoms with van der Waals surface area (Å²) in [6.07, 6.45) is 1.92. The molecule has 0 saturated carbocycles. The number of benzene rings is 2. The Morgan fingerprint density at radius 1 is 1.22 bits per heavy atom. The first-order valence-electron chi connectivity index (χ1n) is 8.66. The highest BCUT2D eigenvalue weighted by Gasteiger charge is 2.21. The van der Waals surface area contributed by atoms with Crippen molar-refractivity contribution < 1.29 is 13.2 Å². The van der Waals surface area contributed by atoms with Gasteiger partial charge < -0.3 is 10.1 Å². The third-order valence-electron chi connectivity index (χ3n) is 3.75. The maximum absolute atomic E-state index is 12.2. The van der Waals surface area contributed by atoms with Crippen LogP contribution in [-0.4, -0.2) is 21.6 Å². The van der Waals surface area contributed by atoms with Gasteiger partial charge in [0.1, 0.15) is 10.6 Å². The minimum absolute atomic E-state index is 0.0903. The average Bonchev–Trinajstić information content (AvgIpc) is 2.63. The summed E-state index contributed by atoms with van der Waals surface area (Å²) in [5, 5.41) is 11.6. The van der Waals surface area contributed by atoms with Gasteiger partial charge in [0.05, 0.1) is 5.69 Å². The Hall–Kier alpha value is -2.60. The van der Waals surface area contributed by atoms with Gasteiger partial charge >= 0.3 is 0 Å². The molecule has 0 aliphatic carbocycles. The predicted octanol–water partition coefficient (Wildman–Crippen LogP) is 3.30. The van der Waals surface area contributed by atoms with Gasteiger partial charge in [0.2, 0.25) is 10.0 Å². The molecule has 7 nitrogen and oxygen atoms in total. The summed E-state index contributed by atoms with van der Waals surface area (Å²) in [5.41, 5.74) is 1.25. The molecular weight excluding hydrogens is 364 g/mol. The number of sulfonamides is 1. The molecule has 8 heteroatoms. The number of nitrogens with two attached hydrogens (primary N) is 1. The summed E-state index contributed by atoms with van der Waals surface area (Å²) in [6, 6.07) is 12.2. The van der Waals surface area contributed by atoms with Crippen LogP contribution in [0.5, 0.6) is 11.5 Å². The maximum Gasteiger partial charge on any atom is 0.268 e. The molecule has 0 atom stereocenters. The lowest BCUT2D eigenvalue weighted by atomic mass is 10.1. The van der Waals surface area contributed by atoms with Gasteiger partial charge in [0.25, 0.3) is 6.67 Å². The zero-order valence-electron chi connectivity index (χ0n) is 15.2. The number of unbranched alkanes of at least 4 members (excludes halogenated alkanes) is 1. The SMILES string of the molecule is [C-]#[N+]CNCc1cc(NCCCC)c(Oc2ccccc2)c(S(N)(=O)=O)c1. The predicted molar refractivity (Wildman–Crippen MR) is 106 cm³/mol. The summed E-state index contributed by atoms with van der Waals surface area (Å²) >= 11 is 0. The Kier molecular flexibility index (Phi) is 7.61. The van der Waals surface area contributed by atoms with Crippen molar-refractivity contribution >= 4 is 15.7 Å². The number of nitrogens with zero attached hydrogens (tertiary/aromatic N) is 1. The number of hydrogen-bond donors (Lipinski definition) is 3. The lowest BCUT2D eigenvalue weighted by Gasteiger charge is -2.18. The Balaban J connectivity index is 2.49. The van der Waals surface area contributed by atoms with Crippen molar-refractivity contribution in [3.05, 3.63) is 59.4 Å². The Morgan fingerprint density at radius 3 is 2.59 bits per heavy atom. The normalized spacial score (nSPS) is 11.0. The summed E-state index contributed by atoms with van der Waals surface area (Å²) < 4.78 is 30.3. The first kappa shape index (κ1) is 20.7. The number of rotatable bonds is 10. The van der Waals surface area contributed by atoms with Gasteiger partial charge in [-0.15, -0.1) is 0 Å². The number of hydrogen-bond acceptors (Lipinski definition) is 5. The van der Waals surface area contributed by atoms with E-state index in [9.17, 15) is 8.42 Å². The minimum atomic E-state index is -4.01. The largest absolute Gasteiger partial charge is 0.454 e. The van der Waals surface area contributed by atoms with E-state index in [-0.39, 0.29) is 17.3 Å². The molecule has 0 aliphatic heterocycles. The number of primary sulfonamides is 1. The second-order valence-electron chi connectivity index (χ2n) is 5.95. The van der Waals surface area contributed by atoms with Gasteiger partial charge in [0.15, 0.2) is 5.75 Å². The fourth-order valence-corrected chi connectivity index (χ4v) is 3.20. The first-order chi connectivity index (χ1) is 13.0. The lowest BCUT2D eigenvalue weighted by Crippen LogP contribution is -2.17. The van der Waals surface area contributed by atoms with E-state index in [2.05, 4.69) is 22.4 Å². The summed E-state index contributed by atoms with van der Waals surface area (Å²) in [6.45, 7) is 10.1. The van der Waals surface area contributed by atoms with E-state index in [4.69, 9.17) is 16.4 Å². The average molecular weight is 388 g/mol. The van der Waals surface area contributed by atoms with Crippen LogP contribution in [-0.2, 0) is 16.6 Å². The Labute approximate surface area is 160 Å². The highest BCUT2D eigenvalue weighted by atomic mass is 32.2. The molecule has 2 aromatic carbocycles. The number of anilines is 1. The highest BCUT2D eigenvalue weighted by Crippen LogP contribution is 2.37. The van der Waals surface area contributed by atoms with Crippen molar-refractivity contribution in [2.75, 3.05) is 18.5 Å². The van der Waals surface area contributed by atoms with Crippen LogP contribution >= 0.6 is 0 Å². The molecule has 0 fully saturated rings. The molecule has 27 heavy (non-hydrogen) atoms. The zero-order chi connectivity index (χ0) is 19.7. The summed E-state index contributed by atoms with van der Waals surface area (Å²) in [7, 11) is -4.01. The first-order valence-corrected chi connectivity index (χ1v) is 10.2. The molecule has 2 rings (SSSR count). The Bertz CT molecular complexity index is 893. The van der Waals surface area contributed by atoms with Crippen molar-refractivity contribution in [2.24, 2.45) is 5.14 Å². The van der Waals surface area contributed by atoms with E-state index in [0.29, 0.717) is 30.1 Å². The van der Waals surface area contributed by atoms with Crippen LogP contribution in [0.25, 0.3) is 4.85 Å². The van der Waals surface area contributed by atoms with Crippen LogP contribution < -0.4 is 20.5 Å². The van der Waals surface area contributed by atoms with Gasteiger partial charge in [-0.2, -0.15) is 0 Å². The highest BCUT2D eigenvalue weighted by molar-refractivity contribution is 7.89. The molecule has 0 radical (unpaired) electrons. The monoisotopic (exact) mass is 388 g/mol. The van der Waals surface area contributed by atoms with Crippen LogP contribution in [0, 0.1) is 6.57 Å². The summed E-state index contributed by atoms with van der Waals surface area (Å²) in [4.78, 5) is 3.14. The molecule has 0 heterocycles. The third kappa shape index (κ3) is 6.25. The lowest BCUT2D eigenvalue weighted by molar-refractivity contribution is 0.468. The van der Waals surface area contributed by atoms with Crippen LogP contribution in [0.3, 0.4) is 0 Å². The van der Waals surface area contributed by atoms with Crippen LogP contribution in [0.4, 0.5) is 5.69 Å². The Morgan fingerprint density at radius 2 is 1.96 bits per heavy atom. The van der Waals surface area contributed by atoms with Gasteiger partial charge in [0, 0.05) is 13.1 Å². The zero-order valence-corrected chi connectivity index (χ0v) is 16.1. The number of ether oxygens (including phenoxy) is 1. The molecule has 0 aliphatic rings. The van der Waals surface area contributed by atoms with Crippen molar-refractivity contribution in [1.29, 1.82) is 0 Å². The molecule has 0 spiro atoms. The van der Waals surface area contributed by atoms with Gasteiger partial charge in [-0.25, -0.2) is 25.4 Å². The van der Waals surface area contributed by atoms with E-state index >= 15 is 0 Å². The van der Waals surface area contributed by atoms with E-state index in [1.54, 1.807) is 24.3 Å². The fourth-order valence-electron chi connectivity index (χ4n) is 2.47. The molecule has 0 amide bonds. The van der Waals surface area contributed by atoms with E-state index in [0.717, 1.165) is 12.8 Å². The topological polar surface area (TPSA) is 97.8 Å². The molecule has 2 aromatic rings. The second-order valence-corrected chi connectivity index (χ2v) is 7.48. The molecule has 4 N–H and O–H groups in total. The van der Waals surface area contributed by atoms with Crippen molar-refractivity contribution in [2.45, 2.75) is 31.2 Å². The van der Waals surface area contributed by atoms with Crippen molar-refractivity contribution in [3.8, 4) is 11.5 Å². The molecule has 0 unspecified atom stereocenters. The van der Waals surface area contributed by atoms with Gasteiger partial charge in [-0.3, -0.25) is 4.85 Å². The van der Waals surface area contributed by atoms with E-state index in [1.165, 1.54) is 6.07 Å².